The molecule has 7 nitrogen and oxygen atoms in total. The topological polar surface area (TPSA) is 83.1 Å². The molecule has 0 radical (unpaired) electrons. The second-order valence-electron chi connectivity index (χ2n) is 7.00. The van der Waals surface area contributed by atoms with Gasteiger partial charge in [0.1, 0.15) is 24.7 Å². The maximum absolute atomic E-state index is 14.4. The third-order valence-electron chi connectivity index (χ3n) is 4.70. The number of nitrogens with zero attached hydrogens (tertiary/aromatic N) is 3. The Kier molecular flexibility index (Phi) is 5.31. The molecule has 2 N–H and O–H groups in total. The first-order valence-electron chi connectivity index (χ1n) is 9.21. The molecule has 1 aliphatic rings. The van der Waals surface area contributed by atoms with Gasteiger partial charge in [-0.15, -0.1) is 0 Å². The van der Waals surface area contributed by atoms with E-state index in [0.717, 1.165) is 16.8 Å². The van der Waals surface area contributed by atoms with Gasteiger partial charge >= 0.3 is 0 Å². The number of pyridine rings is 1. The quantitative estimate of drug-likeness (QED) is 0.684. The van der Waals surface area contributed by atoms with Crippen molar-refractivity contribution in [2.75, 3.05) is 18.4 Å². The smallest absolute Gasteiger partial charge is 0.221 e. The molecule has 0 unspecified atom stereocenters. The summed E-state index contributed by atoms with van der Waals surface area (Å²) >= 11 is 0. The Morgan fingerprint density at radius 3 is 2.89 bits per heavy atom. The molecular weight excluding hydrogens is 361 g/mol. The summed E-state index contributed by atoms with van der Waals surface area (Å²) < 4.78 is 20.2. The van der Waals surface area contributed by atoms with E-state index in [2.05, 4.69) is 20.3 Å². The van der Waals surface area contributed by atoms with Crippen LogP contribution in [0.4, 0.5) is 10.1 Å². The zero-order valence-electron chi connectivity index (χ0n) is 15.6. The predicted octanol–water partition coefficient (Wildman–Crippen LogP) is 2.66. The van der Waals surface area contributed by atoms with Crippen LogP contribution in [0.1, 0.15) is 18.3 Å². The number of anilines is 1. The molecule has 8 heteroatoms. The second-order valence-corrected chi connectivity index (χ2v) is 7.00. The normalized spacial score (nSPS) is 19.9. The lowest BCUT2D eigenvalue weighted by molar-refractivity contribution is -0.114. The van der Waals surface area contributed by atoms with Crippen molar-refractivity contribution in [2.24, 2.45) is 0 Å². The van der Waals surface area contributed by atoms with Crippen LogP contribution in [0, 0.1) is 0 Å². The van der Waals surface area contributed by atoms with Crippen molar-refractivity contribution >= 4 is 22.8 Å². The minimum atomic E-state index is -1.04. The van der Waals surface area contributed by atoms with Crippen LogP contribution in [0.2, 0.25) is 0 Å². The Bertz CT molecular complexity index is 926. The Morgan fingerprint density at radius 1 is 1.32 bits per heavy atom. The van der Waals surface area contributed by atoms with E-state index in [1.807, 2.05) is 41.3 Å². The van der Waals surface area contributed by atoms with E-state index >= 15 is 0 Å². The molecular formula is C20H22FN5O2. The van der Waals surface area contributed by atoms with E-state index in [0.29, 0.717) is 31.1 Å². The Hall–Kier alpha value is -2.84. The number of rotatable bonds is 6. The SMILES string of the molecule is CC(=O)Nc1ccc(CN2C[C@@H](F)[C@@H](OCc3nc4ncccc4[nH]3)C2)cc1. The van der Waals surface area contributed by atoms with Gasteiger partial charge in [-0.25, -0.2) is 14.4 Å². The molecule has 146 valence electrons. The van der Waals surface area contributed by atoms with Crippen LogP contribution < -0.4 is 5.32 Å². The average molecular weight is 383 g/mol. The first-order chi connectivity index (χ1) is 13.6. The van der Waals surface area contributed by atoms with Crippen LogP contribution in [0.5, 0.6) is 0 Å². The summed E-state index contributed by atoms with van der Waals surface area (Å²) in [6.45, 7) is 3.18. The second kappa shape index (κ2) is 8.04. The number of aromatic amines is 1. The maximum atomic E-state index is 14.4. The standard InChI is InChI=1S/C20H22FN5O2/c1-13(27)23-15-6-4-14(5-7-15)9-26-10-16(21)18(11-26)28-12-19-24-17-3-2-8-22-20(17)25-19/h2-8,16,18H,9-12H2,1H3,(H,23,27)(H,22,24,25)/t16-,18+/m1/s1. The molecule has 1 fully saturated rings. The van der Waals surface area contributed by atoms with E-state index in [-0.39, 0.29) is 12.5 Å². The lowest BCUT2D eigenvalue weighted by Gasteiger charge is -2.16. The third kappa shape index (κ3) is 4.35. The van der Waals surface area contributed by atoms with Gasteiger partial charge in [0, 0.05) is 38.4 Å². The number of carbonyl (C=O) groups excluding carboxylic acids is 1. The molecule has 0 bridgehead atoms. The zero-order chi connectivity index (χ0) is 19.5. The Balaban J connectivity index is 1.30. The molecule has 4 rings (SSSR count). The van der Waals surface area contributed by atoms with Gasteiger partial charge in [-0.3, -0.25) is 9.69 Å². The Morgan fingerprint density at radius 2 is 2.14 bits per heavy atom. The highest BCUT2D eigenvalue weighted by atomic mass is 19.1. The largest absolute Gasteiger partial charge is 0.366 e. The van der Waals surface area contributed by atoms with Crippen molar-refractivity contribution in [1.82, 2.24) is 19.9 Å². The molecule has 1 amide bonds. The van der Waals surface area contributed by atoms with Gasteiger partial charge in [0.25, 0.3) is 0 Å². The molecule has 0 spiro atoms. The molecule has 1 aliphatic heterocycles. The fourth-order valence-corrected chi connectivity index (χ4v) is 3.40. The van der Waals surface area contributed by atoms with E-state index < -0.39 is 12.3 Å². The van der Waals surface area contributed by atoms with Crippen LogP contribution >= 0.6 is 0 Å². The molecule has 2 aromatic heterocycles. The fourth-order valence-electron chi connectivity index (χ4n) is 3.40. The van der Waals surface area contributed by atoms with Gasteiger partial charge in [0.15, 0.2) is 5.65 Å². The van der Waals surface area contributed by atoms with E-state index in [1.165, 1.54) is 6.92 Å². The van der Waals surface area contributed by atoms with E-state index in [1.54, 1.807) is 6.20 Å². The number of hydrogen-bond donors (Lipinski definition) is 2. The highest BCUT2D eigenvalue weighted by Gasteiger charge is 2.33. The summed E-state index contributed by atoms with van der Waals surface area (Å²) in [5, 5.41) is 2.74. The number of aromatic nitrogens is 3. The maximum Gasteiger partial charge on any atom is 0.221 e. The molecule has 28 heavy (non-hydrogen) atoms. The van der Waals surface area contributed by atoms with Crippen molar-refractivity contribution in [3.05, 3.63) is 54.0 Å². The van der Waals surface area contributed by atoms with Crippen molar-refractivity contribution in [2.45, 2.75) is 32.4 Å². The number of carbonyl (C=O) groups is 1. The summed E-state index contributed by atoms with van der Waals surface area (Å²) in [5.41, 5.74) is 3.29. The molecule has 1 aromatic carbocycles. The molecule has 3 heterocycles. The number of fused-ring (bicyclic) bond motifs is 1. The number of alkyl halides is 1. The van der Waals surface area contributed by atoms with Gasteiger partial charge in [0.05, 0.1) is 5.52 Å². The number of amides is 1. The number of halogens is 1. The number of hydrogen-bond acceptors (Lipinski definition) is 5. The van der Waals surface area contributed by atoms with Crippen molar-refractivity contribution < 1.29 is 13.9 Å². The highest BCUT2D eigenvalue weighted by molar-refractivity contribution is 5.88. The first-order valence-corrected chi connectivity index (χ1v) is 9.21. The lowest BCUT2D eigenvalue weighted by atomic mass is 10.2. The Labute approximate surface area is 161 Å². The van der Waals surface area contributed by atoms with Crippen molar-refractivity contribution in [1.29, 1.82) is 0 Å². The minimum absolute atomic E-state index is 0.104. The number of imidazole rings is 1. The summed E-state index contributed by atoms with van der Waals surface area (Å²) in [6.07, 6.45) is 0.157. The van der Waals surface area contributed by atoms with Crippen LogP contribution in [-0.4, -0.2) is 51.1 Å². The number of benzene rings is 1. The van der Waals surface area contributed by atoms with Gasteiger partial charge in [-0.2, -0.15) is 0 Å². The lowest BCUT2D eigenvalue weighted by Crippen LogP contribution is -2.24. The summed E-state index contributed by atoms with van der Waals surface area (Å²) in [6, 6.07) is 11.3. The van der Waals surface area contributed by atoms with E-state index in [9.17, 15) is 9.18 Å². The summed E-state index contributed by atoms with van der Waals surface area (Å²) in [5.74, 6) is 0.542. The zero-order valence-corrected chi connectivity index (χ0v) is 15.6. The fraction of sp³-hybridized carbons (Fsp3) is 0.350. The van der Waals surface area contributed by atoms with Gasteiger partial charge < -0.3 is 15.0 Å². The van der Waals surface area contributed by atoms with Crippen LogP contribution in [-0.2, 0) is 22.7 Å². The highest BCUT2D eigenvalue weighted by Crippen LogP contribution is 2.21. The molecule has 3 aromatic rings. The molecule has 1 saturated heterocycles. The molecule has 0 saturated carbocycles. The third-order valence-corrected chi connectivity index (χ3v) is 4.70. The average Bonchev–Trinajstić information content (AvgIpc) is 3.23. The predicted molar refractivity (Wildman–Crippen MR) is 103 cm³/mol. The van der Waals surface area contributed by atoms with Crippen molar-refractivity contribution in [3.63, 3.8) is 0 Å². The number of nitrogens with one attached hydrogen (secondary N) is 2. The van der Waals surface area contributed by atoms with E-state index in [4.69, 9.17) is 4.74 Å². The van der Waals surface area contributed by atoms with Gasteiger partial charge in [-0.1, -0.05) is 12.1 Å². The number of H-pyrrole nitrogens is 1. The van der Waals surface area contributed by atoms with Gasteiger partial charge in [-0.05, 0) is 29.8 Å². The van der Waals surface area contributed by atoms with Crippen LogP contribution in [0.15, 0.2) is 42.6 Å². The summed E-state index contributed by atoms with van der Waals surface area (Å²) in [7, 11) is 0. The first kappa shape index (κ1) is 18.5. The molecule has 0 aliphatic carbocycles. The summed E-state index contributed by atoms with van der Waals surface area (Å²) in [4.78, 5) is 24.8. The minimum Gasteiger partial charge on any atom is -0.366 e. The monoisotopic (exact) mass is 383 g/mol. The van der Waals surface area contributed by atoms with Crippen molar-refractivity contribution in [3.8, 4) is 0 Å². The van der Waals surface area contributed by atoms with Crippen LogP contribution in [0.25, 0.3) is 11.2 Å². The molecule has 2 atom stereocenters. The number of likely N-dealkylation sites (tertiary alicyclic amines) is 1. The number of ether oxygens (including phenoxy) is 1. The van der Waals surface area contributed by atoms with Crippen LogP contribution in [0.3, 0.4) is 0 Å². The van der Waals surface area contributed by atoms with Gasteiger partial charge in [0.2, 0.25) is 5.91 Å².